The second kappa shape index (κ2) is 7.66. The molecule has 0 aliphatic heterocycles. The van der Waals surface area contributed by atoms with E-state index in [1.54, 1.807) is 6.07 Å². The number of carbonyl (C=O) groups is 1. The molecule has 0 atom stereocenters. The van der Waals surface area contributed by atoms with Crippen molar-refractivity contribution in [3.8, 4) is 0 Å². The average molecular weight is 337 g/mol. The van der Waals surface area contributed by atoms with Crippen LogP contribution < -0.4 is 10.6 Å². The minimum absolute atomic E-state index is 0.144. The summed E-state index contributed by atoms with van der Waals surface area (Å²) in [5.74, 6) is -0.144. The van der Waals surface area contributed by atoms with E-state index in [1.807, 2.05) is 72.8 Å². The minimum Gasteiger partial charge on any atom is -0.355 e. The molecule has 0 radical (unpaired) electrons. The van der Waals surface area contributed by atoms with Gasteiger partial charge in [-0.15, -0.1) is 0 Å². The Balaban J connectivity index is 1.74. The molecule has 0 aromatic heterocycles. The Kier molecular flexibility index (Phi) is 5.14. The van der Waals surface area contributed by atoms with Crippen molar-refractivity contribution in [2.75, 3.05) is 5.32 Å². The molecule has 24 heavy (non-hydrogen) atoms. The zero-order valence-electron chi connectivity index (χ0n) is 13.0. The van der Waals surface area contributed by atoms with E-state index in [9.17, 15) is 4.79 Å². The fourth-order valence-electron chi connectivity index (χ4n) is 2.38. The first-order valence-corrected chi connectivity index (χ1v) is 8.04. The molecule has 0 saturated carbocycles. The highest BCUT2D eigenvalue weighted by Gasteiger charge is 2.11. The van der Waals surface area contributed by atoms with E-state index in [1.165, 1.54) is 0 Å². The van der Waals surface area contributed by atoms with Crippen molar-refractivity contribution < 1.29 is 4.79 Å². The molecule has 0 bridgehead atoms. The van der Waals surface area contributed by atoms with Gasteiger partial charge in [-0.1, -0.05) is 60.1 Å². The van der Waals surface area contributed by atoms with Crippen LogP contribution >= 0.6 is 11.6 Å². The molecule has 0 aliphatic rings. The molecule has 3 rings (SSSR count). The normalized spacial score (nSPS) is 10.2. The summed E-state index contributed by atoms with van der Waals surface area (Å²) in [5, 5.41) is 6.84. The lowest BCUT2D eigenvalue weighted by Gasteiger charge is -2.12. The molecule has 0 saturated heterocycles. The van der Waals surface area contributed by atoms with E-state index in [-0.39, 0.29) is 5.91 Å². The molecule has 0 spiro atoms. The molecule has 3 nitrogen and oxygen atoms in total. The number of rotatable bonds is 5. The number of anilines is 2. The lowest BCUT2D eigenvalue weighted by molar-refractivity contribution is 0.0952. The van der Waals surface area contributed by atoms with Crippen LogP contribution in [0.4, 0.5) is 11.4 Å². The van der Waals surface area contributed by atoms with Crippen LogP contribution in [0.15, 0.2) is 78.9 Å². The maximum atomic E-state index is 12.5. The molecule has 4 heteroatoms. The van der Waals surface area contributed by atoms with Crippen molar-refractivity contribution in [1.82, 2.24) is 5.32 Å². The van der Waals surface area contributed by atoms with Gasteiger partial charge >= 0.3 is 0 Å². The third-order valence-corrected chi connectivity index (χ3v) is 3.99. The molecule has 2 N–H and O–H groups in total. The number of benzene rings is 3. The summed E-state index contributed by atoms with van der Waals surface area (Å²) in [5.41, 5.74) is 3.18. The molecule has 0 aliphatic carbocycles. The van der Waals surface area contributed by atoms with Gasteiger partial charge in [-0.3, -0.25) is 4.79 Å². The maximum absolute atomic E-state index is 12.5. The predicted octanol–water partition coefficient (Wildman–Crippen LogP) is 5.01. The third-order valence-electron chi connectivity index (χ3n) is 3.62. The molecule has 0 fully saturated rings. The van der Waals surface area contributed by atoms with Crippen molar-refractivity contribution in [2.45, 2.75) is 6.54 Å². The van der Waals surface area contributed by atoms with E-state index >= 15 is 0 Å². The number of para-hydroxylation sites is 2. The van der Waals surface area contributed by atoms with E-state index in [0.29, 0.717) is 17.1 Å². The van der Waals surface area contributed by atoms with Crippen LogP contribution in [-0.2, 0) is 6.54 Å². The first kappa shape index (κ1) is 16.1. The standard InChI is InChI=1S/C20H17ClN2O/c21-18-12-6-4-8-15(18)14-22-20(24)17-11-5-7-13-19(17)23-16-9-2-1-3-10-16/h1-13,23H,14H2,(H,22,24). The van der Waals surface area contributed by atoms with E-state index in [2.05, 4.69) is 10.6 Å². The van der Waals surface area contributed by atoms with Crippen molar-refractivity contribution in [2.24, 2.45) is 0 Å². The van der Waals surface area contributed by atoms with E-state index in [4.69, 9.17) is 11.6 Å². The number of carbonyl (C=O) groups excluding carboxylic acids is 1. The second-order valence-corrected chi connectivity index (χ2v) is 5.72. The van der Waals surface area contributed by atoms with Gasteiger partial charge in [0, 0.05) is 17.3 Å². The van der Waals surface area contributed by atoms with Gasteiger partial charge in [0.2, 0.25) is 0 Å². The zero-order valence-corrected chi connectivity index (χ0v) is 13.8. The Hall–Kier alpha value is -2.78. The smallest absolute Gasteiger partial charge is 0.253 e. The highest BCUT2D eigenvalue weighted by molar-refractivity contribution is 6.31. The Morgan fingerprint density at radius 3 is 2.29 bits per heavy atom. The molecule has 1 amide bonds. The van der Waals surface area contributed by atoms with Crippen molar-refractivity contribution >= 4 is 28.9 Å². The van der Waals surface area contributed by atoms with Crippen LogP contribution in [0, 0.1) is 0 Å². The third kappa shape index (κ3) is 3.94. The Bertz CT molecular complexity index is 834. The Morgan fingerprint density at radius 2 is 1.50 bits per heavy atom. The van der Waals surface area contributed by atoms with Crippen LogP contribution in [0.2, 0.25) is 5.02 Å². The molecule has 0 unspecified atom stereocenters. The molecule has 120 valence electrons. The predicted molar refractivity (Wildman–Crippen MR) is 98.8 cm³/mol. The quantitative estimate of drug-likeness (QED) is 0.687. The van der Waals surface area contributed by atoms with Crippen LogP contribution in [0.3, 0.4) is 0 Å². The second-order valence-electron chi connectivity index (χ2n) is 5.31. The summed E-state index contributed by atoms with van der Waals surface area (Å²) in [6.45, 7) is 0.387. The largest absolute Gasteiger partial charge is 0.355 e. The highest BCUT2D eigenvalue weighted by Crippen LogP contribution is 2.21. The van der Waals surface area contributed by atoms with Crippen LogP contribution in [-0.4, -0.2) is 5.91 Å². The molecule has 3 aromatic rings. The van der Waals surface area contributed by atoms with Gasteiger partial charge in [-0.2, -0.15) is 0 Å². The van der Waals surface area contributed by atoms with Crippen molar-refractivity contribution in [3.63, 3.8) is 0 Å². The molecular formula is C20H17ClN2O. The average Bonchev–Trinajstić information content (AvgIpc) is 2.62. The van der Waals surface area contributed by atoms with Crippen molar-refractivity contribution in [1.29, 1.82) is 0 Å². The highest BCUT2D eigenvalue weighted by atomic mass is 35.5. The first-order chi connectivity index (χ1) is 11.7. The summed E-state index contributed by atoms with van der Waals surface area (Å²) in [7, 11) is 0. The SMILES string of the molecule is O=C(NCc1ccccc1Cl)c1ccccc1Nc1ccccc1. The Morgan fingerprint density at radius 1 is 0.833 bits per heavy atom. The lowest BCUT2D eigenvalue weighted by atomic mass is 10.1. The maximum Gasteiger partial charge on any atom is 0.253 e. The molecule has 0 heterocycles. The fraction of sp³-hybridized carbons (Fsp3) is 0.0500. The van der Waals surface area contributed by atoms with Crippen LogP contribution in [0.5, 0.6) is 0 Å². The van der Waals surface area contributed by atoms with E-state index in [0.717, 1.165) is 16.9 Å². The van der Waals surface area contributed by atoms with Gasteiger partial charge in [-0.05, 0) is 35.9 Å². The van der Waals surface area contributed by atoms with E-state index < -0.39 is 0 Å². The monoisotopic (exact) mass is 336 g/mol. The van der Waals surface area contributed by atoms with Crippen LogP contribution in [0.25, 0.3) is 0 Å². The minimum atomic E-state index is -0.144. The summed E-state index contributed by atoms with van der Waals surface area (Å²) in [4.78, 5) is 12.5. The molecule has 3 aromatic carbocycles. The number of nitrogens with one attached hydrogen (secondary N) is 2. The number of amides is 1. The number of hydrogen-bond acceptors (Lipinski definition) is 2. The number of halogens is 1. The first-order valence-electron chi connectivity index (χ1n) is 7.67. The molecular weight excluding hydrogens is 320 g/mol. The summed E-state index contributed by atoms with van der Waals surface area (Å²) in [6, 6.07) is 24.7. The topological polar surface area (TPSA) is 41.1 Å². The summed E-state index contributed by atoms with van der Waals surface area (Å²) < 4.78 is 0. The van der Waals surface area contributed by atoms with Crippen molar-refractivity contribution in [3.05, 3.63) is 95.0 Å². The van der Waals surface area contributed by atoms with Gasteiger partial charge in [-0.25, -0.2) is 0 Å². The van der Waals surface area contributed by atoms with Gasteiger partial charge < -0.3 is 10.6 Å². The van der Waals surface area contributed by atoms with Crippen LogP contribution in [0.1, 0.15) is 15.9 Å². The number of hydrogen-bond donors (Lipinski definition) is 2. The van der Waals surface area contributed by atoms with Gasteiger partial charge in [0.25, 0.3) is 5.91 Å². The summed E-state index contributed by atoms with van der Waals surface area (Å²) in [6.07, 6.45) is 0. The lowest BCUT2D eigenvalue weighted by Crippen LogP contribution is -2.23. The Labute approximate surface area is 146 Å². The van der Waals surface area contributed by atoms with Gasteiger partial charge in [0.1, 0.15) is 0 Å². The van der Waals surface area contributed by atoms with Gasteiger partial charge in [0.15, 0.2) is 0 Å². The fourth-order valence-corrected chi connectivity index (χ4v) is 2.58. The zero-order chi connectivity index (χ0) is 16.8. The summed E-state index contributed by atoms with van der Waals surface area (Å²) >= 11 is 6.13. The van der Waals surface area contributed by atoms with Gasteiger partial charge in [0.05, 0.1) is 11.3 Å².